The van der Waals surface area contributed by atoms with Crippen LogP contribution in [0.5, 0.6) is 0 Å². The maximum Gasteiger partial charge on any atom is 0.410 e. The summed E-state index contributed by atoms with van der Waals surface area (Å²) in [5, 5.41) is 0. The van der Waals surface area contributed by atoms with E-state index in [9.17, 15) is 17.6 Å². The number of ether oxygens (including phenoxy) is 1. The number of rotatable bonds is 4. The predicted octanol–water partition coefficient (Wildman–Crippen LogP) is 3.31. The highest BCUT2D eigenvalue weighted by molar-refractivity contribution is 7.89. The molecule has 2 saturated heterocycles. The van der Waals surface area contributed by atoms with E-state index in [2.05, 4.69) is 0 Å². The fraction of sp³-hybridized carbons (Fsp3) is 0.381. The molecule has 6 nitrogen and oxygen atoms in total. The average Bonchev–Trinajstić information content (AvgIpc) is 2.99. The maximum atomic E-state index is 13.1. The molecule has 2 heterocycles. The van der Waals surface area contributed by atoms with Crippen LogP contribution < -0.4 is 0 Å². The number of aryl methyl sites for hydroxylation is 1. The Bertz CT molecular complexity index is 998. The van der Waals surface area contributed by atoms with Crippen LogP contribution in [-0.2, 0) is 21.3 Å². The van der Waals surface area contributed by atoms with Crippen LogP contribution in [0.25, 0.3) is 0 Å². The Morgan fingerprint density at radius 3 is 2.28 bits per heavy atom. The van der Waals surface area contributed by atoms with Gasteiger partial charge in [0.2, 0.25) is 10.0 Å². The van der Waals surface area contributed by atoms with Gasteiger partial charge >= 0.3 is 6.09 Å². The molecule has 0 unspecified atom stereocenters. The molecule has 1 amide bonds. The third-order valence-electron chi connectivity index (χ3n) is 5.62. The van der Waals surface area contributed by atoms with Gasteiger partial charge < -0.3 is 4.74 Å². The molecule has 2 aromatic rings. The fourth-order valence-electron chi connectivity index (χ4n) is 3.88. The Morgan fingerprint density at radius 1 is 1.03 bits per heavy atom. The summed E-state index contributed by atoms with van der Waals surface area (Å²) in [5.41, 5.74) is 1.15. The van der Waals surface area contributed by atoms with Gasteiger partial charge in [0, 0.05) is 32.5 Å². The molecule has 2 aromatic carbocycles. The molecule has 1 spiro atoms. The number of carbonyl (C=O) groups is 1. The average molecular weight is 418 g/mol. The number of piperidine rings is 1. The molecule has 0 radical (unpaired) electrons. The SMILES string of the molecule is Cc1ccc(S(=O)(=O)N2CCC3(CC2)CN(Cc2ccc(F)cc2)C(=O)O3)cc1. The molecule has 0 saturated carbocycles. The molecule has 0 bridgehead atoms. The van der Waals surface area contributed by atoms with Gasteiger partial charge in [-0.25, -0.2) is 17.6 Å². The van der Waals surface area contributed by atoms with Gasteiger partial charge in [0.15, 0.2) is 0 Å². The van der Waals surface area contributed by atoms with Gasteiger partial charge in [-0.2, -0.15) is 4.31 Å². The molecule has 2 fully saturated rings. The molecule has 0 aromatic heterocycles. The van der Waals surface area contributed by atoms with Crippen molar-refractivity contribution in [2.45, 2.75) is 36.8 Å². The lowest BCUT2D eigenvalue weighted by atomic mass is 9.92. The topological polar surface area (TPSA) is 66.9 Å². The summed E-state index contributed by atoms with van der Waals surface area (Å²) >= 11 is 0. The lowest BCUT2D eigenvalue weighted by molar-refractivity contribution is 0.0172. The first-order chi connectivity index (χ1) is 13.8. The van der Waals surface area contributed by atoms with Gasteiger partial charge in [0.1, 0.15) is 11.4 Å². The fourth-order valence-corrected chi connectivity index (χ4v) is 5.32. The Labute approximate surface area is 169 Å². The lowest BCUT2D eigenvalue weighted by Gasteiger charge is -2.36. The molecular formula is C21H23FN2O4S. The second-order valence-electron chi connectivity index (χ2n) is 7.75. The first-order valence-corrected chi connectivity index (χ1v) is 11.0. The number of sulfonamides is 1. The van der Waals surface area contributed by atoms with Crippen molar-refractivity contribution in [3.63, 3.8) is 0 Å². The van der Waals surface area contributed by atoms with Gasteiger partial charge in [-0.05, 0) is 36.8 Å². The van der Waals surface area contributed by atoms with Crippen molar-refractivity contribution in [1.29, 1.82) is 0 Å². The van der Waals surface area contributed by atoms with Crippen LogP contribution in [0.15, 0.2) is 53.4 Å². The number of nitrogens with zero attached hydrogens (tertiary/aromatic N) is 2. The van der Waals surface area contributed by atoms with Crippen molar-refractivity contribution < 1.29 is 22.3 Å². The van der Waals surface area contributed by atoms with E-state index in [1.165, 1.54) is 16.4 Å². The van der Waals surface area contributed by atoms with E-state index in [1.807, 2.05) is 6.92 Å². The molecule has 4 rings (SSSR count). The number of carbonyl (C=O) groups excluding carboxylic acids is 1. The van der Waals surface area contributed by atoms with Crippen molar-refractivity contribution in [1.82, 2.24) is 9.21 Å². The highest BCUT2D eigenvalue weighted by Gasteiger charge is 2.48. The van der Waals surface area contributed by atoms with Gasteiger partial charge in [-0.1, -0.05) is 29.8 Å². The van der Waals surface area contributed by atoms with Crippen molar-refractivity contribution in [3.05, 3.63) is 65.5 Å². The van der Waals surface area contributed by atoms with Gasteiger partial charge in [0.05, 0.1) is 11.4 Å². The first kappa shape index (κ1) is 19.8. The second-order valence-corrected chi connectivity index (χ2v) is 9.69. The van der Waals surface area contributed by atoms with Crippen LogP contribution in [0.3, 0.4) is 0 Å². The van der Waals surface area contributed by atoms with Crippen molar-refractivity contribution in [2.24, 2.45) is 0 Å². The van der Waals surface area contributed by atoms with Crippen molar-refractivity contribution >= 4 is 16.1 Å². The lowest BCUT2D eigenvalue weighted by Crippen LogP contribution is -2.48. The van der Waals surface area contributed by atoms with Gasteiger partial charge in [-0.15, -0.1) is 0 Å². The van der Waals surface area contributed by atoms with E-state index >= 15 is 0 Å². The van der Waals surface area contributed by atoms with Crippen LogP contribution in [0.1, 0.15) is 24.0 Å². The highest BCUT2D eigenvalue weighted by atomic mass is 32.2. The molecule has 154 valence electrons. The Morgan fingerprint density at radius 2 is 1.66 bits per heavy atom. The van der Waals surface area contributed by atoms with Crippen molar-refractivity contribution in [3.8, 4) is 0 Å². The van der Waals surface area contributed by atoms with E-state index in [-0.39, 0.29) is 10.7 Å². The minimum Gasteiger partial charge on any atom is -0.441 e. The molecule has 2 aliphatic rings. The smallest absolute Gasteiger partial charge is 0.410 e. The number of amides is 1. The second kappa shape index (κ2) is 7.42. The zero-order valence-electron chi connectivity index (χ0n) is 16.2. The van der Waals surface area contributed by atoms with Gasteiger partial charge in [-0.3, -0.25) is 4.90 Å². The molecule has 2 aliphatic heterocycles. The van der Waals surface area contributed by atoms with E-state index in [0.717, 1.165) is 11.1 Å². The third kappa shape index (κ3) is 4.00. The predicted molar refractivity (Wildman–Crippen MR) is 105 cm³/mol. The monoisotopic (exact) mass is 418 g/mol. The van der Waals surface area contributed by atoms with Crippen LogP contribution in [0, 0.1) is 12.7 Å². The van der Waals surface area contributed by atoms with Crippen molar-refractivity contribution in [2.75, 3.05) is 19.6 Å². The largest absolute Gasteiger partial charge is 0.441 e. The third-order valence-corrected chi connectivity index (χ3v) is 7.53. The molecule has 8 heteroatoms. The van der Waals surface area contributed by atoms with Gasteiger partial charge in [0.25, 0.3) is 0 Å². The Balaban J connectivity index is 1.41. The van der Waals surface area contributed by atoms with E-state index in [1.54, 1.807) is 41.3 Å². The normalized spacial score (nSPS) is 19.5. The van der Waals surface area contributed by atoms with Crippen LogP contribution >= 0.6 is 0 Å². The molecule has 0 N–H and O–H groups in total. The minimum atomic E-state index is -3.56. The first-order valence-electron chi connectivity index (χ1n) is 9.57. The summed E-state index contributed by atoms with van der Waals surface area (Å²) in [6, 6.07) is 12.8. The summed E-state index contributed by atoms with van der Waals surface area (Å²) < 4.78 is 46.0. The number of hydrogen-bond donors (Lipinski definition) is 0. The zero-order chi connectivity index (χ0) is 20.6. The summed E-state index contributed by atoms with van der Waals surface area (Å²) in [5.74, 6) is -0.323. The quantitative estimate of drug-likeness (QED) is 0.764. The standard InChI is InChI=1S/C21H23FN2O4S/c1-16-2-8-19(9-3-16)29(26,27)24-12-10-21(11-13-24)15-23(20(25)28-21)14-17-4-6-18(22)7-5-17/h2-9H,10-15H2,1H3. The Kier molecular flexibility index (Phi) is 5.08. The molecule has 0 aliphatic carbocycles. The minimum absolute atomic E-state index is 0.278. The number of halogens is 1. The van der Waals surface area contributed by atoms with Crippen LogP contribution in [0.2, 0.25) is 0 Å². The van der Waals surface area contributed by atoms with E-state index in [4.69, 9.17) is 4.74 Å². The van der Waals surface area contributed by atoms with E-state index < -0.39 is 21.7 Å². The molecular weight excluding hydrogens is 395 g/mol. The highest BCUT2D eigenvalue weighted by Crippen LogP contribution is 2.35. The number of benzene rings is 2. The number of hydrogen-bond acceptors (Lipinski definition) is 4. The summed E-state index contributed by atoms with van der Waals surface area (Å²) in [7, 11) is -3.56. The zero-order valence-corrected chi connectivity index (χ0v) is 17.0. The molecule has 0 atom stereocenters. The van der Waals surface area contributed by atoms with Crippen LogP contribution in [-0.4, -0.2) is 49.0 Å². The maximum absolute atomic E-state index is 13.1. The molecule has 29 heavy (non-hydrogen) atoms. The van der Waals surface area contributed by atoms with Crippen LogP contribution in [0.4, 0.5) is 9.18 Å². The summed E-state index contributed by atoms with van der Waals surface area (Å²) in [6.07, 6.45) is 0.484. The Hall–Kier alpha value is -2.45. The summed E-state index contributed by atoms with van der Waals surface area (Å²) in [6.45, 7) is 3.25. The summed E-state index contributed by atoms with van der Waals surface area (Å²) in [4.78, 5) is 14.2. The van der Waals surface area contributed by atoms with E-state index in [0.29, 0.717) is 39.0 Å².